The van der Waals surface area contributed by atoms with Crippen molar-refractivity contribution < 1.29 is 14.3 Å². The SMILES string of the molecule is C=CCOCC(CC)(CC(C)(C)C)CC(C)(C)C.CC(C)(C)CCN(CCC(C)(C)C)C(=O)OC(C)(C)C.CC(C)(C)Cc1ccc(CC(C)(C)C)cc1.CC(C)(C)Cc1cccc(CC(C)(C)C)c1.CC(C)(C)c1ccc(C(C)(C)C)cc1.CC(C)(C)c1cccc(C(C)(C)C)c1.CCCCC(CC(C)(C)C)C(C)(C)C.CCCCCCCCCCC(CC(C)(C)C)C(C)(C)C. The summed E-state index contributed by atoms with van der Waals surface area (Å²) in [7, 11) is 0. The summed E-state index contributed by atoms with van der Waals surface area (Å²) in [5.41, 5.74) is 16.9. The molecule has 4 heteroatoms. The second-order valence-electron chi connectivity index (χ2n) is 60.0. The van der Waals surface area contributed by atoms with Gasteiger partial charge in [0, 0.05) is 13.1 Å². The van der Waals surface area contributed by atoms with Crippen molar-refractivity contribution in [1.82, 2.24) is 4.90 Å². The Kier molecular flexibility index (Phi) is 59.1. The number of ether oxygens (including phenoxy) is 2. The molecule has 4 nitrogen and oxygen atoms in total. The van der Waals surface area contributed by atoms with Crippen molar-refractivity contribution in [3.63, 3.8) is 0 Å². The van der Waals surface area contributed by atoms with Gasteiger partial charge in [-0.05, 0) is 253 Å². The van der Waals surface area contributed by atoms with Crippen LogP contribution in [-0.4, -0.2) is 42.9 Å². The molecule has 0 saturated carbocycles. The zero-order valence-electron chi connectivity index (χ0n) is 99.9. The normalized spacial score (nSPS) is 13.6. The third-order valence-electron chi connectivity index (χ3n) is 23.8. The molecule has 0 aliphatic carbocycles. The maximum absolute atomic E-state index is 12.3. The summed E-state index contributed by atoms with van der Waals surface area (Å²) in [4.78, 5) is 14.2. The van der Waals surface area contributed by atoms with Crippen LogP contribution in [0.1, 0.15) is 540 Å². The lowest BCUT2D eigenvalue weighted by Gasteiger charge is -2.42. The molecule has 0 bridgehead atoms. The first-order valence-electron chi connectivity index (χ1n) is 53.3. The van der Waals surface area contributed by atoms with Gasteiger partial charge in [0.2, 0.25) is 0 Å². The maximum Gasteiger partial charge on any atom is 0.410 e. The Morgan fingerprint density at radius 1 is 0.326 bits per heavy atom. The summed E-state index contributed by atoms with van der Waals surface area (Å²) in [6.07, 6.45) is 31.6. The van der Waals surface area contributed by atoms with E-state index in [0.29, 0.717) is 66.2 Å². The summed E-state index contributed by atoms with van der Waals surface area (Å²) >= 11 is 0. The number of hydrogen-bond donors (Lipinski definition) is 0. The Morgan fingerprint density at radius 2 is 0.621 bits per heavy atom. The minimum atomic E-state index is -0.432. The fourth-order valence-corrected chi connectivity index (χ4v) is 16.8. The van der Waals surface area contributed by atoms with Crippen LogP contribution in [0.5, 0.6) is 0 Å². The van der Waals surface area contributed by atoms with E-state index in [-0.39, 0.29) is 38.6 Å². The fraction of sp³-hybridized carbons (Fsp3) is 0.789. The monoisotopic (exact) mass is 1840 g/mol. The van der Waals surface area contributed by atoms with E-state index in [1.54, 1.807) is 0 Å². The molecule has 132 heavy (non-hydrogen) atoms. The highest BCUT2D eigenvalue weighted by Crippen LogP contribution is 2.46. The van der Waals surface area contributed by atoms with Crippen LogP contribution >= 0.6 is 0 Å². The number of carbonyl (C=O) groups is 1. The third kappa shape index (κ3) is 78.7. The average Bonchev–Trinajstić information content (AvgIpc) is 0.661. The average molecular weight is 1840 g/mol. The van der Waals surface area contributed by atoms with E-state index in [1.807, 2.05) is 31.7 Å². The van der Waals surface area contributed by atoms with Gasteiger partial charge in [-0.1, -0.05) is 520 Å². The van der Waals surface area contributed by atoms with Crippen LogP contribution in [0, 0.1) is 82.2 Å². The van der Waals surface area contributed by atoms with E-state index in [4.69, 9.17) is 9.47 Å². The van der Waals surface area contributed by atoms with Gasteiger partial charge in [0.05, 0.1) is 13.2 Å². The summed E-state index contributed by atoms with van der Waals surface area (Å²) < 4.78 is 11.3. The Bertz CT molecular complexity index is 3430. The van der Waals surface area contributed by atoms with Crippen LogP contribution in [-0.2, 0) is 56.8 Å². The highest BCUT2D eigenvalue weighted by atomic mass is 16.6. The summed E-state index contributed by atoms with van der Waals surface area (Å²) in [5.74, 6) is 1.75. The zero-order valence-corrected chi connectivity index (χ0v) is 99.9. The van der Waals surface area contributed by atoms with Gasteiger partial charge >= 0.3 is 6.09 Å². The van der Waals surface area contributed by atoms with Gasteiger partial charge in [-0.25, -0.2) is 4.79 Å². The Labute approximate surface area is 831 Å². The lowest BCUT2D eigenvalue weighted by atomic mass is 9.65. The molecular weight excluding hydrogens is 1600 g/mol. The second-order valence-corrected chi connectivity index (χ2v) is 60.0. The number of rotatable bonds is 29. The Hall–Kier alpha value is -4.15. The summed E-state index contributed by atoms with van der Waals surface area (Å²) in [5, 5.41) is 0. The standard InChI is InChI=1S/C20H42.C17H35NO2.C17H34O.2C16H26.2C14H22.C14H30/c1-8-9-10-11-12-13-14-15-16-18(20(5,6)7)17-19(2,3)4;1-15(2,3)10-12-18(13-11-16(4,5)6)14(19)20-17(7,8)9;1-9-11-18-14-17(10-2,12-15(3,4)5)13-16(6,7)8;1-15(2,3)11-13-7-9-14(10-8-13)12-16(4,5)6;1-15(2,3)11-13-8-7-9-14(10-13)12-16(4,5)6;1-13(2,3)11-7-9-12(10-8-11)14(4,5)6;1-13(2,3)11-8-7-9-12(10-11)14(4,5)6;1-8-9-10-12(14(5,6)7)11-13(2,3)4/h18H,8-17H2,1-7H3;10-13H2,1-9H3;9H,1,10-14H2,2-8H3;2*7-10H,11-12H2,1-6H3;2*7-10H,1-6H3;12H,8-11H2,1-7H3. The molecule has 0 aliphatic rings. The highest BCUT2D eigenvalue weighted by molar-refractivity contribution is 5.68. The van der Waals surface area contributed by atoms with Crippen molar-refractivity contribution in [2.24, 2.45) is 82.2 Å². The van der Waals surface area contributed by atoms with Crippen LogP contribution < -0.4 is 0 Å². The second kappa shape index (κ2) is 58.2. The van der Waals surface area contributed by atoms with E-state index in [1.165, 1.54) is 154 Å². The first-order valence-corrected chi connectivity index (χ1v) is 53.3. The molecule has 0 saturated heterocycles. The van der Waals surface area contributed by atoms with E-state index < -0.39 is 5.60 Å². The molecule has 4 aromatic rings. The van der Waals surface area contributed by atoms with E-state index >= 15 is 0 Å². The zero-order chi connectivity index (χ0) is 104. The molecule has 2 unspecified atom stereocenters. The molecule has 0 heterocycles. The third-order valence-corrected chi connectivity index (χ3v) is 23.8. The molecule has 4 aromatic carbocycles. The molecule has 0 aliphatic heterocycles. The molecule has 1 amide bonds. The molecule has 0 spiro atoms. The molecule has 2 atom stereocenters. The van der Waals surface area contributed by atoms with Crippen molar-refractivity contribution in [1.29, 1.82) is 0 Å². The molecule has 0 aromatic heterocycles. The van der Waals surface area contributed by atoms with E-state index in [9.17, 15) is 4.79 Å². The molecule has 772 valence electrons. The molecule has 0 fully saturated rings. The predicted octanol–water partition coefficient (Wildman–Crippen LogP) is 41.7. The van der Waals surface area contributed by atoms with Gasteiger partial charge in [-0.3, -0.25) is 0 Å². The molecular formula is C128H237NO3. The van der Waals surface area contributed by atoms with Crippen LogP contribution in [0.2, 0.25) is 0 Å². The lowest BCUT2D eigenvalue weighted by Crippen LogP contribution is -2.39. The quantitative estimate of drug-likeness (QED) is 0.0402. The van der Waals surface area contributed by atoms with Gasteiger partial charge in [0.1, 0.15) is 5.60 Å². The number of amides is 1. The first-order chi connectivity index (χ1) is 58.8. The maximum atomic E-state index is 12.3. The predicted molar refractivity (Wildman–Crippen MR) is 602 cm³/mol. The van der Waals surface area contributed by atoms with Gasteiger partial charge in [0.25, 0.3) is 0 Å². The minimum Gasteiger partial charge on any atom is -0.444 e. The van der Waals surface area contributed by atoms with Crippen molar-refractivity contribution in [2.75, 3.05) is 26.3 Å². The van der Waals surface area contributed by atoms with Crippen molar-refractivity contribution >= 4 is 6.09 Å². The largest absolute Gasteiger partial charge is 0.444 e. The molecule has 4 rings (SSSR count). The van der Waals surface area contributed by atoms with Gasteiger partial charge < -0.3 is 14.4 Å². The van der Waals surface area contributed by atoms with Gasteiger partial charge in [0.15, 0.2) is 0 Å². The van der Waals surface area contributed by atoms with E-state index in [2.05, 4.69) is 457 Å². The van der Waals surface area contributed by atoms with Crippen LogP contribution in [0.3, 0.4) is 0 Å². The topological polar surface area (TPSA) is 38.8 Å². The smallest absolute Gasteiger partial charge is 0.410 e. The Morgan fingerprint density at radius 3 is 0.879 bits per heavy atom. The van der Waals surface area contributed by atoms with Gasteiger partial charge in [-0.2, -0.15) is 0 Å². The first kappa shape index (κ1) is 134. The van der Waals surface area contributed by atoms with E-state index in [0.717, 1.165) is 70.1 Å². The number of nitrogens with zero attached hydrogens (tertiary/aromatic N) is 1. The van der Waals surface area contributed by atoms with Crippen LogP contribution in [0.15, 0.2) is 110 Å². The number of hydrogen-bond acceptors (Lipinski definition) is 3. The lowest BCUT2D eigenvalue weighted by molar-refractivity contribution is -0.000107. The summed E-state index contributed by atoms with van der Waals surface area (Å²) in [6, 6.07) is 36.1. The summed E-state index contributed by atoms with van der Waals surface area (Å²) in [6.45, 7) is 130. The Balaban J connectivity index is -0.000000712. The molecule has 0 radical (unpaired) electrons. The van der Waals surface area contributed by atoms with Crippen LogP contribution in [0.4, 0.5) is 4.79 Å². The van der Waals surface area contributed by atoms with Crippen molar-refractivity contribution in [3.8, 4) is 0 Å². The van der Waals surface area contributed by atoms with Crippen molar-refractivity contribution in [3.05, 3.63) is 154 Å². The fourth-order valence-electron chi connectivity index (χ4n) is 16.8. The highest BCUT2D eigenvalue weighted by Gasteiger charge is 2.38. The van der Waals surface area contributed by atoms with Crippen molar-refractivity contribution in [2.45, 2.75) is 549 Å². The number of benzene rings is 4. The minimum absolute atomic E-state index is 0.189. The molecule has 0 N–H and O–H groups in total. The van der Waals surface area contributed by atoms with Gasteiger partial charge in [-0.15, -0.1) is 6.58 Å². The van der Waals surface area contributed by atoms with Crippen LogP contribution in [0.25, 0.3) is 0 Å². The number of carbonyl (C=O) groups excluding carboxylic acids is 1. The number of unbranched alkanes of at least 4 members (excludes halogenated alkanes) is 8.